The lowest BCUT2D eigenvalue weighted by Crippen LogP contribution is -2.15. The molecule has 2 aromatic heterocycles. The molecule has 0 amide bonds. The Morgan fingerprint density at radius 3 is 2.70 bits per heavy atom. The van der Waals surface area contributed by atoms with Gasteiger partial charge >= 0.3 is 5.97 Å². The minimum atomic E-state index is -0.807. The van der Waals surface area contributed by atoms with Crippen molar-refractivity contribution in [3.8, 4) is 11.1 Å². The van der Waals surface area contributed by atoms with E-state index in [2.05, 4.69) is 15.3 Å². The lowest BCUT2D eigenvalue weighted by molar-refractivity contribution is -0.136. The monoisotopic (exact) mass is 344 g/mol. The third-order valence-electron chi connectivity index (χ3n) is 3.50. The standard InChI is InChI=1S/C17H16N2O2S2/c1-3-13(17(20)21)23-16-14-12(11-7-5-4-6-8-11)9-22-15(14)18-10(2)19-16/h4-9,13H,3H2,1-2H3,(H,20,21). The quantitative estimate of drug-likeness (QED) is 0.540. The van der Waals surface area contributed by atoms with Gasteiger partial charge in [0.05, 0.1) is 5.39 Å². The van der Waals surface area contributed by atoms with E-state index < -0.39 is 11.2 Å². The molecule has 23 heavy (non-hydrogen) atoms. The molecular formula is C17H16N2O2S2. The van der Waals surface area contributed by atoms with Gasteiger partial charge in [-0.05, 0) is 18.9 Å². The van der Waals surface area contributed by atoms with Gasteiger partial charge < -0.3 is 5.11 Å². The van der Waals surface area contributed by atoms with Gasteiger partial charge in [0.25, 0.3) is 0 Å². The molecule has 118 valence electrons. The smallest absolute Gasteiger partial charge is 0.317 e. The van der Waals surface area contributed by atoms with Crippen LogP contribution in [0.2, 0.25) is 0 Å². The van der Waals surface area contributed by atoms with Gasteiger partial charge in [-0.2, -0.15) is 0 Å². The maximum Gasteiger partial charge on any atom is 0.317 e. The van der Waals surface area contributed by atoms with Crippen LogP contribution in [-0.4, -0.2) is 26.3 Å². The Labute approximate surface area is 142 Å². The average molecular weight is 344 g/mol. The van der Waals surface area contributed by atoms with Crippen molar-refractivity contribution in [2.45, 2.75) is 30.5 Å². The highest BCUT2D eigenvalue weighted by molar-refractivity contribution is 8.00. The minimum Gasteiger partial charge on any atom is -0.480 e. The zero-order valence-electron chi connectivity index (χ0n) is 12.8. The third-order valence-corrected chi connectivity index (χ3v) is 5.71. The Kier molecular flexibility index (Phi) is 4.63. The molecule has 0 spiro atoms. The number of hydrogen-bond donors (Lipinski definition) is 1. The first-order valence-electron chi connectivity index (χ1n) is 7.31. The van der Waals surface area contributed by atoms with Gasteiger partial charge in [-0.25, -0.2) is 9.97 Å². The maximum atomic E-state index is 11.4. The number of benzene rings is 1. The van der Waals surface area contributed by atoms with E-state index in [1.54, 1.807) is 11.3 Å². The third kappa shape index (κ3) is 3.23. The van der Waals surface area contributed by atoms with Crippen LogP contribution in [0.5, 0.6) is 0 Å². The summed E-state index contributed by atoms with van der Waals surface area (Å²) in [6.07, 6.45) is 0.551. The number of aryl methyl sites for hydroxylation is 1. The molecule has 0 aliphatic rings. The van der Waals surface area contributed by atoms with Crippen molar-refractivity contribution in [3.05, 3.63) is 41.5 Å². The summed E-state index contributed by atoms with van der Waals surface area (Å²) in [6, 6.07) is 10.1. The van der Waals surface area contributed by atoms with E-state index in [1.165, 1.54) is 11.8 Å². The number of aromatic nitrogens is 2. The van der Waals surface area contributed by atoms with Crippen molar-refractivity contribution < 1.29 is 9.90 Å². The van der Waals surface area contributed by atoms with Crippen LogP contribution < -0.4 is 0 Å². The summed E-state index contributed by atoms with van der Waals surface area (Å²) in [6.45, 7) is 3.72. The predicted octanol–water partition coefficient (Wildman–Crippen LogP) is 4.62. The zero-order valence-corrected chi connectivity index (χ0v) is 14.4. The first-order chi connectivity index (χ1) is 11.1. The Bertz CT molecular complexity index is 846. The van der Waals surface area contributed by atoms with Crippen molar-refractivity contribution in [1.82, 2.24) is 9.97 Å². The lowest BCUT2D eigenvalue weighted by Gasteiger charge is -2.11. The summed E-state index contributed by atoms with van der Waals surface area (Å²) in [5, 5.41) is 12.6. The number of thioether (sulfide) groups is 1. The molecule has 3 aromatic rings. The normalized spacial score (nSPS) is 12.4. The van der Waals surface area contributed by atoms with Gasteiger partial charge in [-0.15, -0.1) is 11.3 Å². The fourth-order valence-electron chi connectivity index (χ4n) is 2.37. The second kappa shape index (κ2) is 6.68. The van der Waals surface area contributed by atoms with E-state index >= 15 is 0 Å². The molecule has 1 aromatic carbocycles. The van der Waals surface area contributed by atoms with Gasteiger partial charge in [0.1, 0.15) is 20.9 Å². The van der Waals surface area contributed by atoms with Crippen molar-refractivity contribution in [2.75, 3.05) is 0 Å². The number of thiophene rings is 1. The number of hydrogen-bond acceptors (Lipinski definition) is 5. The molecule has 0 aliphatic heterocycles. The second-order valence-electron chi connectivity index (χ2n) is 5.12. The van der Waals surface area contributed by atoms with Crippen LogP contribution in [-0.2, 0) is 4.79 Å². The van der Waals surface area contributed by atoms with E-state index in [0.717, 1.165) is 26.4 Å². The molecule has 3 rings (SSSR count). The number of rotatable bonds is 5. The summed E-state index contributed by atoms with van der Waals surface area (Å²) in [4.78, 5) is 21.3. The van der Waals surface area contributed by atoms with Crippen molar-refractivity contribution >= 4 is 39.3 Å². The highest BCUT2D eigenvalue weighted by atomic mass is 32.2. The van der Waals surface area contributed by atoms with Gasteiger partial charge in [0.2, 0.25) is 0 Å². The van der Waals surface area contributed by atoms with Crippen LogP contribution in [0.1, 0.15) is 19.2 Å². The summed E-state index contributed by atoms with van der Waals surface area (Å²) >= 11 is 2.88. The molecule has 1 atom stereocenters. The average Bonchev–Trinajstić information content (AvgIpc) is 2.96. The Hall–Kier alpha value is -1.92. The number of carboxylic acid groups (broad SMARTS) is 1. The van der Waals surface area contributed by atoms with Crippen molar-refractivity contribution in [1.29, 1.82) is 0 Å². The van der Waals surface area contributed by atoms with Crippen LogP contribution in [0.15, 0.2) is 40.7 Å². The van der Waals surface area contributed by atoms with Crippen LogP contribution in [0.25, 0.3) is 21.3 Å². The van der Waals surface area contributed by atoms with Crippen LogP contribution >= 0.6 is 23.1 Å². The molecule has 0 saturated carbocycles. The van der Waals surface area contributed by atoms with Crippen molar-refractivity contribution in [3.63, 3.8) is 0 Å². The summed E-state index contributed by atoms with van der Waals surface area (Å²) < 4.78 is 0. The molecule has 0 saturated heterocycles. The molecule has 2 heterocycles. The molecule has 1 N–H and O–H groups in total. The highest BCUT2D eigenvalue weighted by Gasteiger charge is 2.21. The predicted molar refractivity (Wildman–Crippen MR) is 95.2 cm³/mol. The minimum absolute atomic E-state index is 0.504. The first-order valence-corrected chi connectivity index (χ1v) is 9.06. The molecule has 0 bridgehead atoms. The number of carboxylic acids is 1. The van der Waals surface area contributed by atoms with Gasteiger partial charge in [0, 0.05) is 10.9 Å². The SMILES string of the molecule is CCC(Sc1nc(C)nc2scc(-c3ccccc3)c12)C(=O)O. The summed E-state index contributed by atoms with van der Waals surface area (Å²) in [7, 11) is 0. The van der Waals surface area contributed by atoms with E-state index in [9.17, 15) is 9.90 Å². The first kappa shape index (κ1) is 16.0. The van der Waals surface area contributed by atoms with Crippen LogP contribution in [0.3, 0.4) is 0 Å². The topological polar surface area (TPSA) is 63.1 Å². The number of fused-ring (bicyclic) bond motifs is 1. The molecule has 0 radical (unpaired) electrons. The highest BCUT2D eigenvalue weighted by Crippen LogP contribution is 2.39. The molecule has 0 fully saturated rings. The Balaban J connectivity index is 2.16. The van der Waals surface area contributed by atoms with E-state index in [4.69, 9.17) is 0 Å². The summed E-state index contributed by atoms with van der Waals surface area (Å²) in [5.74, 6) is -0.139. The molecular weight excluding hydrogens is 328 g/mol. The number of nitrogens with zero attached hydrogens (tertiary/aromatic N) is 2. The Morgan fingerprint density at radius 1 is 1.30 bits per heavy atom. The summed E-state index contributed by atoms with van der Waals surface area (Å²) in [5.41, 5.74) is 2.16. The molecule has 0 aliphatic carbocycles. The van der Waals surface area contributed by atoms with Crippen LogP contribution in [0.4, 0.5) is 0 Å². The zero-order chi connectivity index (χ0) is 16.4. The van der Waals surface area contributed by atoms with E-state index in [0.29, 0.717) is 12.2 Å². The number of carbonyl (C=O) groups is 1. The van der Waals surface area contributed by atoms with Crippen molar-refractivity contribution in [2.24, 2.45) is 0 Å². The molecule has 4 nitrogen and oxygen atoms in total. The van der Waals surface area contributed by atoms with Crippen LogP contribution in [0, 0.1) is 6.92 Å². The van der Waals surface area contributed by atoms with Gasteiger partial charge in [-0.3, -0.25) is 4.79 Å². The van der Waals surface area contributed by atoms with E-state index in [1.807, 2.05) is 44.2 Å². The Morgan fingerprint density at radius 2 is 2.04 bits per heavy atom. The number of aliphatic carboxylic acids is 1. The van der Waals surface area contributed by atoms with Gasteiger partial charge in [-0.1, -0.05) is 49.0 Å². The lowest BCUT2D eigenvalue weighted by atomic mass is 10.1. The fraction of sp³-hybridized carbons (Fsp3) is 0.235. The van der Waals surface area contributed by atoms with Gasteiger partial charge in [0.15, 0.2) is 0 Å². The largest absolute Gasteiger partial charge is 0.480 e. The maximum absolute atomic E-state index is 11.4. The second-order valence-corrected chi connectivity index (χ2v) is 7.17. The van der Waals surface area contributed by atoms with E-state index in [-0.39, 0.29) is 0 Å². The molecule has 1 unspecified atom stereocenters. The molecule has 6 heteroatoms. The fourth-order valence-corrected chi connectivity index (χ4v) is 4.47.